The molecular weight excluding hydrogens is 156 g/mol. The van der Waals surface area contributed by atoms with Crippen molar-refractivity contribution >= 4 is 17.6 Å². The van der Waals surface area contributed by atoms with Crippen molar-refractivity contribution in [3.05, 3.63) is 11.1 Å². The third kappa shape index (κ3) is 1.42. The highest BCUT2D eigenvalue weighted by atomic mass is 16.2. The highest BCUT2D eigenvalue weighted by Crippen LogP contribution is 2.09. The van der Waals surface area contributed by atoms with Crippen molar-refractivity contribution < 1.29 is 9.59 Å². The van der Waals surface area contributed by atoms with E-state index in [0.29, 0.717) is 11.3 Å². The number of carbonyl (C=O) groups is 2. The van der Waals surface area contributed by atoms with Crippen molar-refractivity contribution in [3.63, 3.8) is 0 Å². The number of imide groups is 1. The summed E-state index contributed by atoms with van der Waals surface area (Å²) in [4.78, 5) is 25.5. The van der Waals surface area contributed by atoms with E-state index in [4.69, 9.17) is 0 Å². The molecule has 0 atom stereocenters. The van der Waals surface area contributed by atoms with Gasteiger partial charge in [0, 0.05) is 0 Å². The third-order valence-corrected chi connectivity index (χ3v) is 1.58. The van der Waals surface area contributed by atoms with Gasteiger partial charge in [-0.25, -0.2) is 4.79 Å². The van der Waals surface area contributed by atoms with Gasteiger partial charge in [-0.05, 0) is 20.8 Å². The topological polar surface area (TPSA) is 58.5 Å². The summed E-state index contributed by atoms with van der Waals surface area (Å²) in [6.45, 7) is 5.27. The van der Waals surface area contributed by atoms with Crippen LogP contribution in [0.4, 0.5) is 4.79 Å². The zero-order valence-electron chi connectivity index (χ0n) is 7.26. The van der Waals surface area contributed by atoms with Crippen LogP contribution in [-0.4, -0.2) is 17.6 Å². The minimum absolute atomic E-state index is 0.354. The summed E-state index contributed by atoms with van der Waals surface area (Å²) in [6, 6.07) is -0.581. The lowest BCUT2D eigenvalue weighted by Crippen LogP contribution is -2.37. The fraction of sp³-hybridized carbons (Fsp3) is 0.375. The maximum Gasteiger partial charge on any atom is 0.348 e. The van der Waals surface area contributed by atoms with Crippen LogP contribution in [0.15, 0.2) is 16.1 Å². The standard InChI is InChI=1S/C8H10N2O2/c1-4(2)6-5(3)9-8(12)10-7(6)11/h1-3H3,(H,10,11,12). The number of urea groups is 1. The maximum atomic E-state index is 11.2. The summed E-state index contributed by atoms with van der Waals surface area (Å²) in [7, 11) is 0. The zero-order valence-corrected chi connectivity index (χ0v) is 7.26. The number of nitrogens with zero attached hydrogens (tertiary/aromatic N) is 1. The first kappa shape index (κ1) is 8.64. The number of amides is 3. The molecule has 0 aromatic carbocycles. The molecule has 0 saturated heterocycles. The number of allylic oxidation sites excluding steroid dienone is 1. The lowest BCUT2D eigenvalue weighted by Gasteiger charge is -2.12. The second-order valence-electron chi connectivity index (χ2n) is 2.83. The Morgan fingerprint density at radius 2 is 1.92 bits per heavy atom. The summed E-state index contributed by atoms with van der Waals surface area (Å²) in [5, 5.41) is 2.12. The van der Waals surface area contributed by atoms with Crippen LogP contribution < -0.4 is 5.32 Å². The Hall–Kier alpha value is -1.45. The molecule has 1 aliphatic heterocycles. The van der Waals surface area contributed by atoms with Crippen LogP contribution >= 0.6 is 0 Å². The fourth-order valence-electron chi connectivity index (χ4n) is 1.15. The van der Waals surface area contributed by atoms with Gasteiger partial charge in [-0.2, -0.15) is 4.99 Å². The predicted octanol–water partition coefficient (Wildman–Crippen LogP) is 1.03. The average Bonchev–Trinajstić information content (AvgIpc) is 1.82. The number of rotatable bonds is 0. The van der Waals surface area contributed by atoms with E-state index in [-0.39, 0.29) is 5.91 Å². The molecule has 0 aliphatic carbocycles. The van der Waals surface area contributed by atoms with Crippen molar-refractivity contribution in [3.8, 4) is 0 Å². The molecule has 1 heterocycles. The van der Waals surface area contributed by atoms with Gasteiger partial charge in [0.2, 0.25) is 0 Å². The average molecular weight is 166 g/mol. The largest absolute Gasteiger partial charge is 0.348 e. The first-order valence-corrected chi connectivity index (χ1v) is 3.61. The molecule has 1 rings (SSSR count). The van der Waals surface area contributed by atoms with E-state index in [1.165, 1.54) is 0 Å². The third-order valence-electron chi connectivity index (χ3n) is 1.58. The summed E-state index contributed by atoms with van der Waals surface area (Å²) in [5.41, 5.74) is 1.86. The summed E-state index contributed by atoms with van der Waals surface area (Å²) < 4.78 is 0. The first-order valence-electron chi connectivity index (χ1n) is 3.61. The molecule has 0 unspecified atom stereocenters. The second kappa shape index (κ2) is 2.89. The van der Waals surface area contributed by atoms with E-state index in [0.717, 1.165) is 5.57 Å². The summed E-state index contributed by atoms with van der Waals surface area (Å²) >= 11 is 0. The van der Waals surface area contributed by atoms with E-state index in [2.05, 4.69) is 10.3 Å². The number of aliphatic imine (C=N–C) groups is 1. The number of carbonyl (C=O) groups excluding carboxylic acids is 2. The molecule has 0 aromatic rings. The molecule has 0 saturated carbocycles. The van der Waals surface area contributed by atoms with Crippen LogP contribution in [0.5, 0.6) is 0 Å². The molecule has 1 N–H and O–H groups in total. The molecule has 0 aromatic heterocycles. The highest BCUT2D eigenvalue weighted by Gasteiger charge is 2.21. The van der Waals surface area contributed by atoms with Gasteiger partial charge < -0.3 is 0 Å². The van der Waals surface area contributed by atoms with Crippen LogP contribution in [0.2, 0.25) is 0 Å². The molecule has 0 radical (unpaired) electrons. The number of nitrogens with one attached hydrogen (secondary N) is 1. The molecular formula is C8H10N2O2. The maximum absolute atomic E-state index is 11.2. The fourth-order valence-corrected chi connectivity index (χ4v) is 1.15. The van der Waals surface area contributed by atoms with Crippen LogP contribution in [0.3, 0.4) is 0 Å². The molecule has 12 heavy (non-hydrogen) atoms. The van der Waals surface area contributed by atoms with Crippen LogP contribution in [0, 0.1) is 0 Å². The molecule has 4 heteroatoms. The predicted molar refractivity (Wildman–Crippen MR) is 45.0 cm³/mol. The Kier molecular flexibility index (Phi) is 2.08. The van der Waals surface area contributed by atoms with Crippen molar-refractivity contribution in [2.75, 3.05) is 0 Å². The van der Waals surface area contributed by atoms with E-state index in [1.54, 1.807) is 6.92 Å². The molecule has 0 bridgehead atoms. The summed E-state index contributed by atoms with van der Waals surface area (Å²) in [6.07, 6.45) is 0. The van der Waals surface area contributed by atoms with Gasteiger partial charge in [-0.15, -0.1) is 0 Å². The Bertz CT molecular complexity index is 309. The van der Waals surface area contributed by atoms with Gasteiger partial charge in [-0.3, -0.25) is 10.1 Å². The monoisotopic (exact) mass is 166 g/mol. The summed E-state index contributed by atoms with van der Waals surface area (Å²) in [5.74, 6) is -0.354. The molecule has 64 valence electrons. The lowest BCUT2D eigenvalue weighted by molar-refractivity contribution is -0.116. The molecule has 0 fully saturated rings. The van der Waals surface area contributed by atoms with E-state index in [9.17, 15) is 9.59 Å². The van der Waals surface area contributed by atoms with Gasteiger partial charge in [0.1, 0.15) is 0 Å². The molecule has 4 nitrogen and oxygen atoms in total. The van der Waals surface area contributed by atoms with Crippen molar-refractivity contribution in [2.24, 2.45) is 4.99 Å². The quantitative estimate of drug-likeness (QED) is 0.546. The Morgan fingerprint density at radius 3 is 2.33 bits per heavy atom. The second-order valence-corrected chi connectivity index (χ2v) is 2.83. The lowest BCUT2D eigenvalue weighted by atomic mass is 10.0. The minimum Gasteiger partial charge on any atom is -0.272 e. The normalized spacial score (nSPS) is 17.2. The van der Waals surface area contributed by atoms with E-state index >= 15 is 0 Å². The van der Waals surface area contributed by atoms with Crippen LogP contribution in [0.1, 0.15) is 20.8 Å². The van der Waals surface area contributed by atoms with Crippen molar-refractivity contribution in [1.29, 1.82) is 0 Å². The van der Waals surface area contributed by atoms with Crippen LogP contribution in [-0.2, 0) is 4.79 Å². The molecule has 1 aliphatic rings. The number of hydrogen-bond acceptors (Lipinski definition) is 2. The van der Waals surface area contributed by atoms with E-state index < -0.39 is 6.03 Å². The molecule has 3 amide bonds. The minimum atomic E-state index is -0.581. The van der Waals surface area contributed by atoms with Gasteiger partial charge in [0.05, 0.1) is 11.3 Å². The van der Waals surface area contributed by atoms with Crippen molar-refractivity contribution in [1.82, 2.24) is 5.32 Å². The van der Waals surface area contributed by atoms with E-state index in [1.807, 2.05) is 13.8 Å². The van der Waals surface area contributed by atoms with Gasteiger partial charge >= 0.3 is 6.03 Å². The molecule has 0 spiro atoms. The first-order chi connectivity index (χ1) is 5.52. The van der Waals surface area contributed by atoms with Gasteiger partial charge in [-0.1, -0.05) is 5.57 Å². The Balaban J connectivity index is 3.20. The SMILES string of the molecule is CC1=NC(=O)NC(=O)C1=C(C)C. The Morgan fingerprint density at radius 1 is 1.33 bits per heavy atom. The van der Waals surface area contributed by atoms with Crippen molar-refractivity contribution in [2.45, 2.75) is 20.8 Å². The van der Waals surface area contributed by atoms with Crippen LogP contribution in [0.25, 0.3) is 0 Å². The highest BCUT2D eigenvalue weighted by molar-refractivity contribution is 6.29. The smallest absolute Gasteiger partial charge is 0.272 e. The number of hydrogen-bond donors (Lipinski definition) is 1. The van der Waals surface area contributed by atoms with Gasteiger partial charge in [0.15, 0.2) is 0 Å². The Labute approximate surface area is 70.4 Å². The zero-order chi connectivity index (χ0) is 9.30. The van der Waals surface area contributed by atoms with Gasteiger partial charge in [0.25, 0.3) is 5.91 Å².